The minimum Gasteiger partial charge on any atom is -0.381 e. The van der Waals surface area contributed by atoms with Gasteiger partial charge in [0, 0.05) is 38.3 Å². The van der Waals surface area contributed by atoms with E-state index in [1.165, 1.54) is 25.9 Å². The Morgan fingerprint density at radius 1 is 1.14 bits per heavy atom. The highest BCUT2D eigenvalue weighted by Crippen LogP contribution is 2.28. The summed E-state index contributed by atoms with van der Waals surface area (Å²) in [6.45, 7) is 6.95. The van der Waals surface area contributed by atoms with Gasteiger partial charge in [0.25, 0.3) is 0 Å². The molecule has 1 heterocycles. The monoisotopic (exact) mass is 198 g/mol. The summed E-state index contributed by atoms with van der Waals surface area (Å²) >= 11 is 0. The Morgan fingerprint density at radius 2 is 1.71 bits per heavy atom. The molecule has 0 amide bonds. The van der Waals surface area contributed by atoms with Crippen LogP contribution in [0.1, 0.15) is 26.7 Å². The second-order valence-corrected chi connectivity index (χ2v) is 4.91. The van der Waals surface area contributed by atoms with Crippen LogP contribution < -0.4 is 5.32 Å². The van der Waals surface area contributed by atoms with Gasteiger partial charge in [-0.3, -0.25) is 4.90 Å². The van der Waals surface area contributed by atoms with Crippen molar-refractivity contribution in [1.82, 2.24) is 10.2 Å². The predicted molar refractivity (Wildman–Crippen MR) is 57.5 cm³/mol. The number of nitrogens with zero attached hydrogens (tertiary/aromatic N) is 1. The molecule has 1 aliphatic heterocycles. The summed E-state index contributed by atoms with van der Waals surface area (Å²) in [5, 5.41) is 3.56. The van der Waals surface area contributed by atoms with Crippen LogP contribution >= 0.6 is 0 Å². The van der Waals surface area contributed by atoms with Gasteiger partial charge in [0.05, 0.1) is 6.10 Å². The van der Waals surface area contributed by atoms with Crippen molar-refractivity contribution in [3.8, 4) is 0 Å². The molecular weight excluding hydrogens is 176 g/mol. The molecule has 82 valence electrons. The number of rotatable bonds is 2. The molecular formula is C11H22N2O. The van der Waals surface area contributed by atoms with Gasteiger partial charge >= 0.3 is 0 Å². The highest BCUT2D eigenvalue weighted by molar-refractivity contribution is 4.92. The van der Waals surface area contributed by atoms with Crippen molar-refractivity contribution in [3.63, 3.8) is 0 Å². The summed E-state index contributed by atoms with van der Waals surface area (Å²) in [7, 11) is 1.82. The topological polar surface area (TPSA) is 24.5 Å². The van der Waals surface area contributed by atoms with Gasteiger partial charge in [0.1, 0.15) is 0 Å². The molecule has 1 saturated heterocycles. The van der Waals surface area contributed by atoms with Crippen molar-refractivity contribution < 1.29 is 4.74 Å². The number of hydrogen-bond donors (Lipinski definition) is 1. The highest BCUT2D eigenvalue weighted by atomic mass is 16.5. The molecule has 0 spiro atoms. The quantitative estimate of drug-likeness (QED) is 0.712. The van der Waals surface area contributed by atoms with E-state index in [0.29, 0.717) is 18.2 Å². The van der Waals surface area contributed by atoms with E-state index < -0.39 is 0 Å². The van der Waals surface area contributed by atoms with Crippen LogP contribution in [0, 0.1) is 0 Å². The fourth-order valence-electron chi connectivity index (χ4n) is 2.70. The molecule has 3 heteroatoms. The number of methoxy groups -OCH3 is 1. The zero-order valence-electron chi connectivity index (χ0n) is 9.49. The molecule has 0 aromatic carbocycles. The summed E-state index contributed by atoms with van der Waals surface area (Å²) in [5.74, 6) is 0. The minimum atomic E-state index is 0.528. The third-order valence-electron chi connectivity index (χ3n) is 3.51. The number of piperazine rings is 1. The van der Waals surface area contributed by atoms with E-state index in [2.05, 4.69) is 24.1 Å². The van der Waals surface area contributed by atoms with Gasteiger partial charge < -0.3 is 10.1 Å². The van der Waals surface area contributed by atoms with Crippen molar-refractivity contribution >= 4 is 0 Å². The second-order valence-electron chi connectivity index (χ2n) is 4.91. The van der Waals surface area contributed by atoms with E-state index in [4.69, 9.17) is 4.74 Å². The van der Waals surface area contributed by atoms with Crippen LogP contribution in [0.2, 0.25) is 0 Å². The predicted octanol–water partition coefficient (Wildman–Crippen LogP) is 0.846. The Labute approximate surface area is 86.8 Å². The lowest BCUT2D eigenvalue weighted by atomic mass is 9.86. The van der Waals surface area contributed by atoms with E-state index in [1.54, 1.807) is 0 Å². The average molecular weight is 198 g/mol. The van der Waals surface area contributed by atoms with Crippen LogP contribution in [0.3, 0.4) is 0 Å². The maximum Gasteiger partial charge on any atom is 0.0601 e. The lowest BCUT2D eigenvalue weighted by Gasteiger charge is -2.47. The molecule has 2 fully saturated rings. The SMILES string of the molecule is COC1CC(N2C[C@@H](C)N[C@H](C)C2)C1. The van der Waals surface area contributed by atoms with E-state index in [1.807, 2.05) is 7.11 Å². The Kier molecular flexibility index (Phi) is 3.10. The standard InChI is InChI=1S/C11H22N2O/c1-8-6-13(7-9(2)12-8)10-4-11(5-10)14-3/h8-12H,4-7H2,1-3H3/t8-,9-,10?,11?/m1/s1. The molecule has 3 nitrogen and oxygen atoms in total. The first-order chi connectivity index (χ1) is 6.69. The Bertz CT molecular complexity index is 182. The largest absolute Gasteiger partial charge is 0.381 e. The minimum absolute atomic E-state index is 0.528. The van der Waals surface area contributed by atoms with Gasteiger partial charge in [-0.1, -0.05) is 0 Å². The number of nitrogens with one attached hydrogen (secondary N) is 1. The number of hydrogen-bond acceptors (Lipinski definition) is 3. The van der Waals surface area contributed by atoms with Crippen LogP contribution in [-0.2, 0) is 4.74 Å². The molecule has 0 unspecified atom stereocenters. The first-order valence-electron chi connectivity index (χ1n) is 5.72. The first kappa shape index (κ1) is 10.4. The van der Waals surface area contributed by atoms with Crippen LogP contribution in [0.25, 0.3) is 0 Å². The lowest BCUT2D eigenvalue weighted by molar-refractivity contribution is -0.0383. The maximum atomic E-state index is 5.32. The molecule has 2 rings (SSSR count). The number of ether oxygens (including phenoxy) is 1. The van der Waals surface area contributed by atoms with Crippen LogP contribution in [0.4, 0.5) is 0 Å². The zero-order chi connectivity index (χ0) is 10.1. The summed E-state index contributed by atoms with van der Waals surface area (Å²) in [4.78, 5) is 2.63. The van der Waals surface area contributed by atoms with Gasteiger partial charge in [0.2, 0.25) is 0 Å². The molecule has 0 bridgehead atoms. The second kappa shape index (κ2) is 4.17. The molecule has 2 aliphatic rings. The van der Waals surface area contributed by atoms with E-state index >= 15 is 0 Å². The summed E-state index contributed by atoms with van der Waals surface area (Å²) < 4.78 is 5.32. The summed E-state index contributed by atoms with van der Waals surface area (Å²) in [6.07, 6.45) is 2.99. The van der Waals surface area contributed by atoms with Crippen molar-refractivity contribution in [2.45, 2.75) is 50.9 Å². The van der Waals surface area contributed by atoms with Gasteiger partial charge in [0.15, 0.2) is 0 Å². The molecule has 1 N–H and O–H groups in total. The van der Waals surface area contributed by atoms with Crippen molar-refractivity contribution in [2.24, 2.45) is 0 Å². The molecule has 1 aliphatic carbocycles. The molecule has 14 heavy (non-hydrogen) atoms. The van der Waals surface area contributed by atoms with Crippen molar-refractivity contribution in [3.05, 3.63) is 0 Å². The normalized spacial score (nSPS) is 44.8. The van der Waals surface area contributed by atoms with Gasteiger partial charge in [-0.25, -0.2) is 0 Å². The fourth-order valence-corrected chi connectivity index (χ4v) is 2.70. The summed E-state index contributed by atoms with van der Waals surface area (Å²) in [6, 6.07) is 2.06. The first-order valence-corrected chi connectivity index (χ1v) is 5.72. The van der Waals surface area contributed by atoms with E-state index in [9.17, 15) is 0 Å². The molecule has 0 aromatic heterocycles. The maximum absolute atomic E-state index is 5.32. The molecule has 0 radical (unpaired) electrons. The lowest BCUT2D eigenvalue weighted by Crippen LogP contribution is -2.60. The van der Waals surface area contributed by atoms with Gasteiger partial charge in [-0.15, -0.1) is 0 Å². The van der Waals surface area contributed by atoms with Crippen LogP contribution in [0.5, 0.6) is 0 Å². The van der Waals surface area contributed by atoms with Crippen molar-refractivity contribution in [1.29, 1.82) is 0 Å². The molecule has 0 aromatic rings. The third-order valence-corrected chi connectivity index (χ3v) is 3.51. The zero-order valence-corrected chi connectivity index (χ0v) is 9.49. The fraction of sp³-hybridized carbons (Fsp3) is 1.00. The Balaban J connectivity index is 1.81. The molecule has 1 saturated carbocycles. The van der Waals surface area contributed by atoms with Crippen LogP contribution in [-0.4, -0.2) is 49.3 Å². The summed E-state index contributed by atoms with van der Waals surface area (Å²) in [5.41, 5.74) is 0. The molecule has 2 atom stereocenters. The van der Waals surface area contributed by atoms with Crippen LogP contribution in [0.15, 0.2) is 0 Å². The Morgan fingerprint density at radius 3 is 2.21 bits per heavy atom. The van der Waals surface area contributed by atoms with E-state index in [-0.39, 0.29) is 0 Å². The highest BCUT2D eigenvalue weighted by Gasteiger charge is 2.36. The van der Waals surface area contributed by atoms with Gasteiger partial charge in [-0.05, 0) is 26.7 Å². The third kappa shape index (κ3) is 2.10. The Hall–Kier alpha value is -0.120. The van der Waals surface area contributed by atoms with Crippen molar-refractivity contribution in [2.75, 3.05) is 20.2 Å². The van der Waals surface area contributed by atoms with Gasteiger partial charge in [-0.2, -0.15) is 0 Å². The average Bonchev–Trinajstić information content (AvgIpc) is 2.00. The van der Waals surface area contributed by atoms with E-state index in [0.717, 1.165) is 6.04 Å². The smallest absolute Gasteiger partial charge is 0.0601 e.